The first-order valence-electron chi connectivity index (χ1n) is 7.30. The molecule has 3 nitrogen and oxygen atoms in total. The molecule has 0 aliphatic heterocycles. The van der Waals surface area contributed by atoms with Gasteiger partial charge in [0, 0.05) is 13.2 Å². The smallest absolute Gasteiger partial charge is 0.321 e. The first-order chi connectivity index (χ1) is 8.85. The zero-order valence-corrected chi connectivity index (χ0v) is 13.3. The Hall–Kier alpha value is -0.323. The molecule has 4 heteroatoms. The number of rotatable bonds is 14. The normalized spacial score (nSPS) is 10.8. The average Bonchev–Trinajstić information content (AvgIpc) is 2.38. The Labute approximate surface area is 114 Å². The van der Waals surface area contributed by atoms with Crippen LogP contribution >= 0.6 is 0 Å². The van der Waals surface area contributed by atoms with Crippen LogP contribution in [0.25, 0.3) is 0 Å². The molecule has 0 aliphatic rings. The van der Waals surface area contributed by atoms with Crippen molar-refractivity contribution in [3.05, 3.63) is 12.8 Å². The molecule has 0 aromatic carbocycles. The van der Waals surface area contributed by atoms with Gasteiger partial charge in [0.2, 0.25) is 0 Å². The van der Waals surface area contributed by atoms with Gasteiger partial charge in [-0.15, -0.1) is 0 Å². The van der Waals surface area contributed by atoms with Gasteiger partial charge in [-0.2, -0.15) is 0 Å². The third kappa shape index (κ3) is 12.1. The third-order valence-corrected chi connectivity index (χ3v) is 4.77. The summed E-state index contributed by atoms with van der Waals surface area (Å²) in [4.78, 5) is 0. The summed E-state index contributed by atoms with van der Waals surface area (Å²) in [5, 5.41) is 0. The zero-order chi connectivity index (χ0) is 13.5. The molecule has 0 bridgehead atoms. The largest absolute Gasteiger partial charge is 0.502 e. The highest BCUT2D eigenvalue weighted by atomic mass is 28.3. The molecular weight excluding hydrogens is 244 g/mol. The molecule has 0 atom stereocenters. The number of hydrogen-bond acceptors (Lipinski definition) is 3. The lowest BCUT2D eigenvalue weighted by molar-refractivity contribution is 0.188. The Kier molecular flexibility index (Phi) is 14.5. The van der Waals surface area contributed by atoms with E-state index in [9.17, 15) is 0 Å². The van der Waals surface area contributed by atoms with Crippen molar-refractivity contribution < 1.29 is 13.6 Å². The van der Waals surface area contributed by atoms with Crippen LogP contribution in [0.4, 0.5) is 0 Å². The van der Waals surface area contributed by atoms with Crippen molar-refractivity contribution in [2.45, 2.75) is 58.4 Å². The molecule has 0 amide bonds. The average molecular weight is 274 g/mol. The monoisotopic (exact) mass is 274 g/mol. The molecule has 0 aromatic rings. The van der Waals surface area contributed by atoms with Gasteiger partial charge in [-0.25, -0.2) is 0 Å². The van der Waals surface area contributed by atoms with Gasteiger partial charge in [0.05, 0.1) is 12.9 Å². The molecule has 0 aliphatic carbocycles. The van der Waals surface area contributed by atoms with Crippen molar-refractivity contribution >= 4 is 9.28 Å². The van der Waals surface area contributed by atoms with Crippen LogP contribution in [0.15, 0.2) is 12.8 Å². The van der Waals surface area contributed by atoms with Crippen LogP contribution in [-0.2, 0) is 13.6 Å². The molecule has 0 unspecified atom stereocenters. The highest BCUT2D eigenvalue weighted by molar-refractivity contribution is 6.44. The van der Waals surface area contributed by atoms with Gasteiger partial charge in [-0.3, -0.25) is 0 Å². The Morgan fingerprint density at radius 1 is 0.889 bits per heavy atom. The highest BCUT2D eigenvalue weighted by Gasteiger charge is 2.12. The SMILES string of the molecule is C=COCCCC[SiH](OCCCC)OCCCC. The minimum atomic E-state index is -1.43. The lowest BCUT2D eigenvalue weighted by Gasteiger charge is -2.16. The molecule has 0 saturated carbocycles. The van der Waals surface area contributed by atoms with E-state index in [1.54, 1.807) is 0 Å². The van der Waals surface area contributed by atoms with E-state index >= 15 is 0 Å². The summed E-state index contributed by atoms with van der Waals surface area (Å²) in [6, 6.07) is 1.09. The van der Waals surface area contributed by atoms with E-state index in [1.807, 2.05) is 0 Å². The fourth-order valence-electron chi connectivity index (χ4n) is 1.51. The van der Waals surface area contributed by atoms with E-state index in [1.165, 1.54) is 19.1 Å². The molecule has 0 spiro atoms. The first-order valence-corrected chi connectivity index (χ1v) is 9.06. The molecule has 0 fully saturated rings. The van der Waals surface area contributed by atoms with Crippen molar-refractivity contribution in [2.24, 2.45) is 0 Å². The number of hydrogen-bond donors (Lipinski definition) is 0. The quantitative estimate of drug-likeness (QED) is 0.274. The van der Waals surface area contributed by atoms with Gasteiger partial charge in [0.25, 0.3) is 0 Å². The molecule has 0 heterocycles. The van der Waals surface area contributed by atoms with E-state index < -0.39 is 9.28 Å². The summed E-state index contributed by atoms with van der Waals surface area (Å²) in [7, 11) is -1.43. The second kappa shape index (κ2) is 14.7. The van der Waals surface area contributed by atoms with Crippen LogP contribution in [0.2, 0.25) is 6.04 Å². The van der Waals surface area contributed by atoms with Gasteiger partial charge in [-0.1, -0.05) is 33.3 Å². The molecule has 18 heavy (non-hydrogen) atoms. The molecule has 108 valence electrons. The molecule has 0 radical (unpaired) electrons. The summed E-state index contributed by atoms with van der Waals surface area (Å²) < 4.78 is 16.9. The van der Waals surface area contributed by atoms with Crippen molar-refractivity contribution in [1.82, 2.24) is 0 Å². The van der Waals surface area contributed by atoms with Crippen LogP contribution in [0.3, 0.4) is 0 Å². The van der Waals surface area contributed by atoms with Crippen molar-refractivity contribution in [3.63, 3.8) is 0 Å². The van der Waals surface area contributed by atoms with Crippen molar-refractivity contribution in [2.75, 3.05) is 19.8 Å². The van der Waals surface area contributed by atoms with Gasteiger partial charge in [0.1, 0.15) is 0 Å². The Morgan fingerprint density at radius 2 is 1.50 bits per heavy atom. The minimum Gasteiger partial charge on any atom is -0.502 e. The van der Waals surface area contributed by atoms with Gasteiger partial charge < -0.3 is 13.6 Å². The predicted molar refractivity (Wildman–Crippen MR) is 79.1 cm³/mol. The molecule has 0 N–H and O–H groups in total. The van der Waals surface area contributed by atoms with Crippen LogP contribution in [0.5, 0.6) is 0 Å². The molecule has 0 aromatic heterocycles. The minimum absolute atomic E-state index is 0.758. The summed E-state index contributed by atoms with van der Waals surface area (Å²) in [5.74, 6) is 0. The summed E-state index contributed by atoms with van der Waals surface area (Å²) in [5.41, 5.74) is 0. The standard InChI is InChI=1S/C14H30O3Si/c1-4-7-12-16-18(17-13-8-5-2)14-10-9-11-15-6-3/h6,18H,3-5,7-14H2,1-2H3. The van der Waals surface area contributed by atoms with E-state index in [4.69, 9.17) is 13.6 Å². The molecule has 0 saturated heterocycles. The number of unbranched alkanes of at least 4 members (excludes halogenated alkanes) is 3. The van der Waals surface area contributed by atoms with Gasteiger partial charge in [-0.05, 0) is 31.7 Å². The van der Waals surface area contributed by atoms with E-state index in [0.717, 1.165) is 51.5 Å². The number of ether oxygens (including phenoxy) is 1. The van der Waals surface area contributed by atoms with E-state index in [-0.39, 0.29) is 0 Å². The third-order valence-electron chi connectivity index (χ3n) is 2.67. The van der Waals surface area contributed by atoms with E-state index in [0.29, 0.717) is 0 Å². The second-order valence-electron chi connectivity index (χ2n) is 4.41. The Bertz CT molecular complexity index is 166. The summed E-state index contributed by atoms with van der Waals surface area (Å²) in [6.07, 6.45) is 8.34. The van der Waals surface area contributed by atoms with Crippen molar-refractivity contribution in [3.8, 4) is 0 Å². The van der Waals surface area contributed by atoms with Crippen molar-refractivity contribution in [1.29, 1.82) is 0 Å². The molecular formula is C14H30O3Si. The predicted octanol–water partition coefficient (Wildman–Crippen LogP) is 3.78. The van der Waals surface area contributed by atoms with Crippen LogP contribution < -0.4 is 0 Å². The first kappa shape index (κ1) is 17.7. The Balaban J connectivity index is 3.62. The van der Waals surface area contributed by atoms with Crippen LogP contribution in [0, 0.1) is 0 Å². The molecule has 0 rings (SSSR count). The zero-order valence-electron chi connectivity index (χ0n) is 12.2. The maximum atomic E-state index is 5.89. The Morgan fingerprint density at radius 3 is 2.00 bits per heavy atom. The van der Waals surface area contributed by atoms with Gasteiger partial charge in [0.15, 0.2) is 0 Å². The second-order valence-corrected chi connectivity index (χ2v) is 6.51. The fraction of sp³-hybridized carbons (Fsp3) is 0.857. The lowest BCUT2D eigenvalue weighted by atomic mass is 10.4. The summed E-state index contributed by atoms with van der Waals surface area (Å²) in [6.45, 7) is 10.4. The van der Waals surface area contributed by atoms with Crippen LogP contribution in [0.1, 0.15) is 52.4 Å². The summed E-state index contributed by atoms with van der Waals surface area (Å²) >= 11 is 0. The maximum absolute atomic E-state index is 5.89. The lowest BCUT2D eigenvalue weighted by Crippen LogP contribution is -2.24. The van der Waals surface area contributed by atoms with E-state index in [2.05, 4.69) is 20.4 Å². The van der Waals surface area contributed by atoms with Crippen LogP contribution in [-0.4, -0.2) is 29.1 Å². The highest BCUT2D eigenvalue weighted by Crippen LogP contribution is 2.07. The fourth-order valence-corrected chi connectivity index (χ4v) is 3.42. The topological polar surface area (TPSA) is 27.7 Å². The maximum Gasteiger partial charge on any atom is 0.321 e. The van der Waals surface area contributed by atoms with Gasteiger partial charge >= 0.3 is 9.28 Å².